The summed E-state index contributed by atoms with van der Waals surface area (Å²) in [5.74, 6) is 0. The Bertz CT molecular complexity index is 365. The quantitative estimate of drug-likeness (QED) is 0.805. The minimum atomic E-state index is 0.813. The fourth-order valence-electron chi connectivity index (χ4n) is 1.10. The van der Waals surface area contributed by atoms with Gasteiger partial charge in [-0.15, -0.1) is 5.10 Å². The molecule has 0 saturated carbocycles. The topological polar surface area (TPSA) is 42.7 Å². The summed E-state index contributed by atoms with van der Waals surface area (Å²) in [5.41, 5.74) is 1.24. The predicted octanol–water partition coefficient (Wildman–Crippen LogP) is 1.49. The van der Waals surface area contributed by atoms with Crippen LogP contribution in [0.2, 0.25) is 0 Å². The third-order valence-electron chi connectivity index (χ3n) is 1.86. The second kappa shape index (κ2) is 3.57. The van der Waals surface area contributed by atoms with Gasteiger partial charge >= 0.3 is 0 Å². The summed E-state index contributed by atoms with van der Waals surface area (Å²) in [4.78, 5) is 0. The molecule has 0 unspecified atom stereocenters. The van der Waals surface area contributed by atoms with E-state index >= 15 is 0 Å². The van der Waals surface area contributed by atoms with Crippen LogP contribution in [0.4, 0.5) is 5.00 Å². The van der Waals surface area contributed by atoms with Crippen molar-refractivity contribution >= 4 is 16.5 Å². The zero-order valence-corrected chi connectivity index (χ0v) is 8.08. The third kappa shape index (κ3) is 1.86. The zero-order valence-electron chi connectivity index (χ0n) is 7.27. The molecule has 5 heteroatoms. The van der Waals surface area contributed by atoms with Crippen LogP contribution in [-0.2, 0) is 13.6 Å². The summed E-state index contributed by atoms with van der Waals surface area (Å²) < 4.78 is 5.85. The molecular formula is C8H10N4S. The third-order valence-corrected chi connectivity index (χ3v) is 2.48. The van der Waals surface area contributed by atoms with Crippen molar-refractivity contribution in [3.63, 3.8) is 0 Å². The lowest BCUT2D eigenvalue weighted by atomic mass is 10.4. The number of anilines is 1. The second-order valence-electron chi connectivity index (χ2n) is 2.75. The van der Waals surface area contributed by atoms with Crippen molar-refractivity contribution in [1.29, 1.82) is 0 Å². The van der Waals surface area contributed by atoms with E-state index < -0.39 is 0 Å². The van der Waals surface area contributed by atoms with E-state index in [9.17, 15) is 0 Å². The molecule has 2 aromatic rings. The molecule has 0 aliphatic heterocycles. The highest BCUT2D eigenvalue weighted by atomic mass is 32.1. The highest BCUT2D eigenvalue weighted by Crippen LogP contribution is 2.11. The number of hydrogen-bond acceptors (Lipinski definition) is 4. The number of aromatic nitrogens is 3. The van der Waals surface area contributed by atoms with Crippen molar-refractivity contribution in [2.24, 2.45) is 7.05 Å². The Morgan fingerprint density at radius 1 is 1.62 bits per heavy atom. The highest BCUT2D eigenvalue weighted by Gasteiger charge is 1.97. The molecule has 68 valence electrons. The molecule has 1 N–H and O–H groups in total. The summed E-state index contributed by atoms with van der Waals surface area (Å²) in [6, 6.07) is 4.11. The molecule has 2 aromatic heterocycles. The standard InChI is InChI=1S/C8H10N4S/c1-12-4-2-3-7(12)5-9-8-6-10-11-13-8/h2-4,6,9H,5H2,1H3. The van der Waals surface area contributed by atoms with Crippen LogP contribution in [0.15, 0.2) is 24.5 Å². The summed E-state index contributed by atoms with van der Waals surface area (Å²) >= 11 is 1.37. The molecule has 0 bridgehead atoms. The predicted molar refractivity (Wildman–Crippen MR) is 52.6 cm³/mol. The lowest BCUT2D eigenvalue weighted by molar-refractivity contribution is 0.843. The Morgan fingerprint density at radius 3 is 3.15 bits per heavy atom. The molecule has 0 saturated heterocycles. The van der Waals surface area contributed by atoms with Crippen LogP contribution < -0.4 is 5.32 Å². The largest absolute Gasteiger partial charge is 0.369 e. The van der Waals surface area contributed by atoms with E-state index in [1.807, 2.05) is 19.3 Å². The van der Waals surface area contributed by atoms with Crippen molar-refractivity contribution in [2.75, 3.05) is 5.32 Å². The maximum Gasteiger partial charge on any atom is 0.130 e. The summed E-state index contributed by atoms with van der Waals surface area (Å²) in [6.07, 6.45) is 3.76. The van der Waals surface area contributed by atoms with Crippen LogP contribution in [0.1, 0.15) is 5.69 Å². The van der Waals surface area contributed by atoms with E-state index in [1.165, 1.54) is 17.2 Å². The lowest BCUT2D eigenvalue weighted by Crippen LogP contribution is -2.02. The van der Waals surface area contributed by atoms with Gasteiger partial charge < -0.3 is 9.88 Å². The van der Waals surface area contributed by atoms with Gasteiger partial charge in [0.15, 0.2) is 0 Å². The Morgan fingerprint density at radius 2 is 2.54 bits per heavy atom. The van der Waals surface area contributed by atoms with Crippen molar-refractivity contribution in [3.05, 3.63) is 30.2 Å². The van der Waals surface area contributed by atoms with E-state index in [4.69, 9.17) is 0 Å². The van der Waals surface area contributed by atoms with Crippen molar-refractivity contribution < 1.29 is 0 Å². The highest BCUT2D eigenvalue weighted by molar-refractivity contribution is 7.09. The molecule has 0 aliphatic rings. The van der Waals surface area contributed by atoms with Crippen LogP contribution in [0.5, 0.6) is 0 Å². The number of hydrogen-bond donors (Lipinski definition) is 1. The SMILES string of the molecule is Cn1cccc1CNc1cnns1. The lowest BCUT2D eigenvalue weighted by Gasteiger charge is -2.03. The van der Waals surface area contributed by atoms with Crippen molar-refractivity contribution in [3.8, 4) is 0 Å². The first-order valence-corrected chi connectivity index (χ1v) is 4.75. The van der Waals surface area contributed by atoms with Gasteiger partial charge in [0.25, 0.3) is 0 Å². The molecule has 0 spiro atoms. The fraction of sp³-hybridized carbons (Fsp3) is 0.250. The van der Waals surface area contributed by atoms with Gasteiger partial charge in [0.1, 0.15) is 5.00 Å². The minimum Gasteiger partial charge on any atom is -0.369 e. The summed E-state index contributed by atoms with van der Waals surface area (Å²) in [7, 11) is 2.03. The fourth-order valence-corrected chi connectivity index (χ4v) is 1.52. The number of nitrogens with zero attached hydrogens (tertiary/aromatic N) is 3. The van der Waals surface area contributed by atoms with Gasteiger partial charge in [-0.05, 0) is 12.1 Å². The van der Waals surface area contributed by atoms with Crippen LogP contribution >= 0.6 is 11.5 Å². The Hall–Kier alpha value is -1.36. The maximum atomic E-state index is 3.77. The molecule has 4 nitrogen and oxygen atoms in total. The molecule has 0 fully saturated rings. The molecule has 2 heterocycles. The number of aryl methyl sites for hydroxylation is 1. The molecule has 0 aromatic carbocycles. The van der Waals surface area contributed by atoms with E-state index in [0.29, 0.717) is 0 Å². The van der Waals surface area contributed by atoms with E-state index in [-0.39, 0.29) is 0 Å². The molecule has 0 amide bonds. The monoisotopic (exact) mass is 194 g/mol. The Kier molecular flexibility index (Phi) is 2.27. The smallest absolute Gasteiger partial charge is 0.130 e. The van der Waals surface area contributed by atoms with Gasteiger partial charge in [-0.3, -0.25) is 0 Å². The second-order valence-corrected chi connectivity index (χ2v) is 3.53. The summed E-state index contributed by atoms with van der Waals surface area (Å²) in [6.45, 7) is 0.813. The average molecular weight is 194 g/mol. The molecular weight excluding hydrogens is 184 g/mol. The molecule has 2 rings (SSSR count). The first-order chi connectivity index (χ1) is 6.36. The summed E-state index contributed by atoms with van der Waals surface area (Å²) in [5, 5.41) is 7.99. The Labute approximate surface area is 80.4 Å². The number of rotatable bonds is 3. The first kappa shape index (κ1) is 8.25. The molecule has 0 radical (unpaired) electrons. The first-order valence-electron chi connectivity index (χ1n) is 3.98. The normalized spacial score (nSPS) is 10.2. The molecule has 13 heavy (non-hydrogen) atoms. The van der Waals surface area contributed by atoms with Crippen molar-refractivity contribution in [2.45, 2.75) is 6.54 Å². The van der Waals surface area contributed by atoms with Gasteiger partial charge in [-0.1, -0.05) is 4.49 Å². The van der Waals surface area contributed by atoms with Crippen LogP contribution in [0.3, 0.4) is 0 Å². The average Bonchev–Trinajstić information content (AvgIpc) is 2.72. The maximum absolute atomic E-state index is 3.77. The van der Waals surface area contributed by atoms with Gasteiger partial charge in [-0.2, -0.15) is 0 Å². The van der Waals surface area contributed by atoms with Gasteiger partial charge in [-0.25, -0.2) is 0 Å². The van der Waals surface area contributed by atoms with Crippen molar-refractivity contribution in [1.82, 2.24) is 14.2 Å². The number of nitrogens with one attached hydrogen (secondary N) is 1. The zero-order chi connectivity index (χ0) is 9.10. The molecule has 0 atom stereocenters. The van der Waals surface area contributed by atoms with Gasteiger partial charge in [0, 0.05) is 30.5 Å². The Balaban J connectivity index is 1.97. The van der Waals surface area contributed by atoms with Crippen LogP contribution in [-0.4, -0.2) is 14.2 Å². The minimum absolute atomic E-state index is 0.813. The van der Waals surface area contributed by atoms with Crippen LogP contribution in [0, 0.1) is 0 Å². The van der Waals surface area contributed by atoms with Crippen LogP contribution in [0.25, 0.3) is 0 Å². The van der Waals surface area contributed by atoms with E-state index in [2.05, 4.69) is 25.5 Å². The van der Waals surface area contributed by atoms with Gasteiger partial charge in [0.05, 0.1) is 12.7 Å². The molecule has 0 aliphatic carbocycles. The van der Waals surface area contributed by atoms with E-state index in [0.717, 1.165) is 11.5 Å². The van der Waals surface area contributed by atoms with Gasteiger partial charge in [0.2, 0.25) is 0 Å². The van der Waals surface area contributed by atoms with E-state index in [1.54, 1.807) is 6.20 Å².